The number of benzene rings is 2. The zero-order chi connectivity index (χ0) is 16.7. The van der Waals surface area contributed by atoms with Gasteiger partial charge in [0.05, 0.1) is 11.4 Å². The molecule has 2 aliphatic heterocycles. The van der Waals surface area contributed by atoms with Gasteiger partial charge in [-0.2, -0.15) is 0 Å². The Morgan fingerprint density at radius 1 is 1.00 bits per heavy atom. The van der Waals surface area contributed by atoms with E-state index in [1.807, 2.05) is 0 Å². The molecule has 2 aromatic rings. The lowest BCUT2D eigenvalue weighted by Gasteiger charge is -2.42. The quantitative estimate of drug-likeness (QED) is 0.683. The van der Waals surface area contributed by atoms with Gasteiger partial charge in [-0.1, -0.05) is 31.3 Å². The molecule has 1 atom stereocenters. The fourth-order valence-electron chi connectivity index (χ4n) is 4.72. The van der Waals surface area contributed by atoms with Crippen molar-refractivity contribution in [2.75, 3.05) is 16.8 Å². The fraction of sp³-hybridized carbons (Fsp3) is 0.400. The standard InChI is InChI=1S/C20H26N2Si/c1-12-11-13(2)20-18(14(12)3)22-15(4)21(5)16-9-8-10-17(19(16)22)23(20,6)7/h8-11,15H,1-7H3/t15-/m1/s1. The molecule has 2 heterocycles. The predicted molar refractivity (Wildman–Crippen MR) is 104 cm³/mol. The number of hydrogen-bond acceptors (Lipinski definition) is 2. The number of hydrogen-bond donors (Lipinski definition) is 0. The number of aryl methyl sites for hydroxylation is 2. The van der Waals surface area contributed by atoms with Crippen LogP contribution in [0.1, 0.15) is 23.6 Å². The van der Waals surface area contributed by atoms with Crippen molar-refractivity contribution in [2.45, 2.75) is 47.0 Å². The summed E-state index contributed by atoms with van der Waals surface area (Å²) in [5.41, 5.74) is 8.69. The fourth-order valence-corrected chi connectivity index (χ4v) is 8.31. The molecular formula is C20H26N2Si. The molecule has 3 heteroatoms. The second-order valence-corrected chi connectivity index (χ2v) is 12.1. The molecule has 0 saturated carbocycles. The summed E-state index contributed by atoms with van der Waals surface area (Å²) in [5, 5.41) is 3.22. The monoisotopic (exact) mass is 322 g/mol. The average molecular weight is 323 g/mol. The summed E-state index contributed by atoms with van der Waals surface area (Å²) in [7, 11) is 0.536. The minimum absolute atomic E-state index is 0.370. The van der Waals surface area contributed by atoms with Gasteiger partial charge in [-0.3, -0.25) is 0 Å². The molecule has 2 aromatic carbocycles. The van der Waals surface area contributed by atoms with E-state index in [0.717, 1.165) is 0 Å². The molecule has 0 radical (unpaired) electrons. The second kappa shape index (κ2) is 4.41. The highest BCUT2D eigenvalue weighted by atomic mass is 28.3. The summed E-state index contributed by atoms with van der Waals surface area (Å²) in [6, 6.07) is 9.30. The third kappa shape index (κ3) is 1.64. The molecule has 4 rings (SSSR count). The van der Waals surface area contributed by atoms with Crippen LogP contribution in [0.2, 0.25) is 13.1 Å². The Hall–Kier alpha value is -1.74. The molecule has 0 aromatic heterocycles. The summed E-state index contributed by atoms with van der Waals surface area (Å²) >= 11 is 0. The lowest BCUT2D eigenvalue weighted by molar-refractivity contribution is 0.733. The van der Waals surface area contributed by atoms with Crippen LogP contribution in [0, 0.1) is 20.8 Å². The van der Waals surface area contributed by atoms with Gasteiger partial charge in [-0.15, -0.1) is 0 Å². The minimum Gasteiger partial charge on any atom is -0.353 e. The first-order valence-corrected chi connectivity index (χ1v) is 11.5. The van der Waals surface area contributed by atoms with Gasteiger partial charge >= 0.3 is 0 Å². The zero-order valence-corrected chi connectivity index (χ0v) is 16.3. The Morgan fingerprint density at radius 3 is 2.39 bits per heavy atom. The van der Waals surface area contributed by atoms with Gasteiger partial charge < -0.3 is 9.80 Å². The van der Waals surface area contributed by atoms with E-state index in [-0.39, 0.29) is 0 Å². The van der Waals surface area contributed by atoms with Crippen molar-refractivity contribution in [2.24, 2.45) is 0 Å². The Morgan fingerprint density at radius 2 is 1.70 bits per heavy atom. The van der Waals surface area contributed by atoms with Crippen LogP contribution in [0.25, 0.3) is 0 Å². The normalized spacial score (nSPS) is 20.6. The van der Waals surface area contributed by atoms with Crippen molar-refractivity contribution in [3.05, 3.63) is 41.0 Å². The van der Waals surface area contributed by atoms with E-state index in [1.165, 1.54) is 33.8 Å². The van der Waals surface area contributed by atoms with Crippen molar-refractivity contribution in [3.8, 4) is 0 Å². The van der Waals surface area contributed by atoms with E-state index in [4.69, 9.17) is 0 Å². The summed E-state index contributed by atoms with van der Waals surface area (Å²) in [6.07, 6.45) is 0.370. The molecule has 0 fully saturated rings. The second-order valence-electron chi connectivity index (χ2n) is 7.77. The highest BCUT2D eigenvalue weighted by Gasteiger charge is 2.46. The van der Waals surface area contributed by atoms with Crippen LogP contribution in [0.5, 0.6) is 0 Å². The summed E-state index contributed by atoms with van der Waals surface area (Å²) in [4.78, 5) is 5.03. The van der Waals surface area contributed by atoms with Crippen molar-refractivity contribution in [3.63, 3.8) is 0 Å². The minimum atomic E-state index is -1.69. The summed E-state index contributed by atoms with van der Waals surface area (Å²) in [5.74, 6) is 0. The molecule has 0 N–H and O–H groups in total. The Kier molecular flexibility index (Phi) is 2.84. The van der Waals surface area contributed by atoms with E-state index in [1.54, 1.807) is 10.4 Å². The largest absolute Gasteiger partial charge is 0.353 e. The van der Waals surface area contributed by atoms with Crippen LogP contribution in [0.15, 0.2) is 24.3 Å². The first-order valence-electron chi connectivity index (χ1n) is 8.53. The highest BCUT2D eigenvalue weighted by Crippen LogP contribution is 2.47. The molecule has 23 heavy (non-hydrogen) atoms. The van der Waals surface area contributed by atoms with Gasteiger partial charge in [0, 0.05) is 12.7 Å². The number of fused-ring (bicyclic) bond motifs is 2. The van der Waals surface area contributed by atoms with Crippen molar-refractivity contribution < 1.29 is 0 Å². The molecule has 120 valence electrons. The topological polar surface area (TPSA) is 6.48 Å². The molecular weight excluding hydrogens is 296 g/mol. The van der Waals surface area contributed by atoms with Gasteiger partial charge in [-0.25, -0.2) is 0 Å². The lowest BCUT2D eigenvalue weighted by Crippen LogP contribution is -2.60. The van der Waals surface area contributed by atoms with E-state index in [9.17, 15) is 0 Å². The number of rotatable bonds is 0. The number of nitrogens with zero attached hydrogens (tertiary/aromatic N) is 2. The van der Waals surface area contributed by atoms with Gasteiger partial charge in [-0.05, 0) is 60.8 Å². The summed E-state index contributed by atoms with van der Waals surface area (Å²) < 4.78 is 0. The maximum absolute atomic E-state index is 2.60. The van der Waals surface area contributed by atoms with Gasteiger partial charge in [0.25, 0.3) is 0 Å². The first kappa shape index (κ1) is 14.8. The van der Waals surface area contributed by atoms with Gasteiger partial charge in [0.1, 0.15) is 14.2 Å². The summed E-state index contributed by atoms with van der Waals surface area (Å²) in [6.45, 7) is 14.2. The number of anilines is 3. The zero-order valence-electron chi connectivity index (χ0n) is 15.3. The van der Waals surface area contributed by atoms with Crippen LogP contribution < -0.4 is 20.2 Å². The van der Waals surface area contributed by atoms with Crippen molar-refractivity contribution in [1.29, 1.82) is 0 Å². The average Bonchev–Trinajstić information content (AvgIpc) is 2.74. The van der Waals surface area contributed by atoms with E-state index < -0.39 is 8.07 Å². The van der Waals surface area contributed by atoms with Crippen molar-refractivity contribution >= 4 is 35.5 Å². The SMILES string of the molecule is Cc1cc(C)c2c(c1C)N1c3c(cccc3[Si]2(C)C)N(C)[C@H]1C. The van der Waals surface area contributed by atoms with Crippen molar-refractivity contribution in [1.82, 2.24) is 0 Å². The van der Waals surface area contributed by atoms with E-state index in [0.29, 0.717) is 6.17 Å². The van der Waals surface area contributed by atoms with Crippen LogP contribution >= 0.6 is 0 Å². The molecule has 2 aliphatic rings. The highest BCUT2D eigenvalue weighted by molar-refractivity contribution is 7.03. The molecule has 0 bridgehead atoms. The number of para-hydroxylation sites is 1. The Balaban J connectivity index is 2.18. The van der Waals surface area contributed by atoms with Crippen LogP contribution in [-0.2, 0) is 0 Å². The van der Waals surface area contributed by atoms with E-state index >= 15 is 0 Å². The van der Waals surface area contributed by atoms with E-state index in [2.05, 4.69) is 81.9 Å². The van der Waals surface area contributed by atoms with Crippen LogP contribution in [-0.4, -0.2) is 21.3 Å². The first-order chi connectivity index (χ1) is 10.8. The Labute approximate surface area is 140 Å². The molecule has 2 nitrogen and oxygen atoms in total. The van der Waals surface area contributed by atoms with Crippen LogP contribution in [0.4, 0.5) is 17.1 Å². The van der Waals surface area contributed by atoms with Crippen LogP contribution in [0.3, 0.4) is 0 Å². The lowest BCUT2D eigenvalue weighted by atomic mass is 10.0. The third-order valence-electron chi connectivity index (χ3n) is 6.12. The maximum Gasteiger partial charge on any atom is 0.118 e. The third-order valence-corrected chi connectivity index (χ3v) is 9.75. The smallest absolute Gasteiger partial charge is 0.118 e. The molecule has 0 amide bonds. The molecule has 0 aliphatic carbocycles. The van der Waals surface area contributed by atoms with Gasteiger partial charge in [0.15, 0.2) is 0 Å². The molecule has 0 unspecified atom stereocenters. The molecule has 0 saturated heterocycles. The Bertz CT molecular complexity index is 838. The predicted octanol–water partition coefficient (Wildman–Crippen LogP) is 3.68. The maximum atomic E-state index is 2.60. The van der Waals surface area contributed by atoms with Gasteiger partial charge in [0.2, 0.25) is 0 Å². The molecule has 0 spiro atoms.